The normalized spacial score (nSPS) is 11.2. The van der Waals surface area contributed by atoms with Gasteiger partial charge < -0.3 is 10.4 Å². The van der Waals surface area contributed by atoms with Gasteiger partial charge in [-0.15, -0.1) is 0 Å². The van der Waals surface area contributed by atoms with Crippen LogP contribution in [0.5, 0.6) is 0 Å². The summed E-state index contributed by atoms with van der Waals surface area (Å²) in [6.45, 7) is 2.33. The third-order valence-electron chi connectivity index (χ3n) is 2.89. The molecule has 0 saturated carbocycles. The predicted octanol–water partition coefficient (Wildman–Crippen LogP) is 2.23. The first kappa shape index (κ1) is 16.5. The molecule has 0 aliphatic rings. The Morgan fingerprint density at radius 2 is 2.05 bits per heavy atom. The number of aliphatic carboxylic acids is 1. The molecule has 0 aliphatic heterocycles. The lowest BCUT2D eigenvalue weighted by Gasteiger charge is -2.23. The lowest BCUT2D eigenvalue weighted by atomic mass is 10.1. The Morgan fingerprint density at radius 1 is 1.38 bits per heavy atom. The topological polar surface area (TPSA) is 93.4 Å². The monoisotopic (exact) mass is 289 g/mol. The quantitative estimate of drug-likeness (QED) is 0.804. The van der Waals surface area contributed by atoms with Gasteiger partial charge in [-0.05, 0) is 18.1 Å². The molecule has 0 heterocycles. The van der Waals surface area contributed by atoms with Crippen LogP contribution in [0.4, 0.5) is 10.5 Å². The summed E-state index contributed by atoms with van der Waals surface area (Å²) in [5, 5.41) is 20.1. The summed E-state index contributed by atoms with van der Waals surface area (Å²) in [5.41, 5.74) is 0.705. The van der Waals surface area contributed by atoms with Crippen LogP contribution in [0.3, 0.4) is 0 Å². The first-order chi connectivity index (χ1) is 10.0. The molecule has 2 N–H and O–H groups in total. The van der Waals surface area contributed by atoms with Gasteiger partial charge in [0.1, 0.15) is 0 Å². The minimum absolute atomic E-state index is 0.00378. The number of para-hydroxylation sites is 1. The molecule has 1 atom stereocenters. The fourth-order valence-corrected chi connectivity index (χ4v) is 1.84. The molecule has 2 amide bonds. The van der Waals surface area contributed by atoms with E-state index in [0.717, 1.165) is 0 Å². The highest BCUT2D eigenvalue weighted by atomic mass is 16.4. The maximum Gasteiger partial charge on any atom is 0.321 e. The van der Waals surface area contributed by atoms with Gasteiger partial charge in [0.25, 0.3) is 0 Å². The summed E-state index contributed by atoms with van der Waals surface area (Å²) in [4.78, 5) is 24.3. The van der Waals surface area contributed by atoms with Crippen molar-refractivity contribution in [3.63, 3.8) is 0 Å². The van der Waals surface area contributed by atoms with Crippen molar-refractivity contribution in [1.82, 2.24) is 5.32 Å². The number of carboxylic acid groups (broad SMARTS) is 1. The van der Waals surface area contributed by atoms with Crippen molar-refractivity contribution in [2.75, 3.05) is 18.0 Å². The van der Waals surface area contributed by atoms with E-state index < -0.39 is 5.97 Å². The largest absolute Gasteiger partial charge is 0.481 e. The summed E-state index contributed by atoms with van der Waals surface area (Å²) in [5.74, 6) is -1.04. The fraction of sp³-hybridized carbons (Fsp3) is 0.400. The van der Waals surface area contributed by atoms with E-state index in [9.17, 15) is 9.59 Å². The van der Waals surface area contributed by atoms with E-state index in [1.165, 1.54) is 4.90 Å². The predicted molar refractivity (Wildman–Crippen MR) is 78.8 cm³/mol. The van der Waals surface area contributed by atoms with Crippen LogP contribution < -0.4 is 10.2 Å². The van der Waals surface area contributed by atoms with Gasteiger partial charge in [-0.25, -0.2) is 4.79 Å². The number of nitrogens with zero attached hydrogens (tertiary/aromatic N) is 2. The lowest BCUT2D eigenvalue weighted by molar-refractivity contribution is -0.137. The molecule has 1 aromatic carbocycles. The van der Waals surface area contributed by atoms with Gasteiger partial charge >= 0.3 is 12.0 Å². The van der Waals surface area contributed by atoms with Crippen LogP contribution in [-0.4, -0.2) is 30.2 Å². The van der Waals surface area contributed by atoms with Crippen LogP contribution in [0.25, 0.3) is 0 Å². The number of nitriles is 1. The van der Waals surface area contributed by atoms with Crippen molar-refractivity contribution in [2.24, 2.45) is 5.92 Å². The van der Waals surface area contributed by atoms with Crippen LogP contribution in [-0.2, 0) is 4.79 Å². The summed E-state index contributed by atoms with van der Waals surface area (Å²) in [6, 6.07) is 10.7. The molecule has 0 bridgehead atoms. The Morgan fingerprint density at radius 3 is 2.62 bits per heavy atom. The van der Waals surface area contributed by atoms with E-state index in [4.69, 9.17) is 10.4 Å². The van der Waals surface area contributed by atoms with E-state index in [1.54, 1.807) is 19.1 Å². The van der Waals surface area contributed by atoms with Gasteiger partial charge in [0, 0.05) is 25.2 Å². The van der Waals surface area contributed by atoms with Crippen molar-refractivity contribution in [3.05, 3.63) is 30.3 Å². The van der Waals surface area contributed by atoms with Crippen molar-refractivity contribution < 1.29 is 14.7 Å². The Bertz CT molecular complexity index is 511. The zero-order valence-electron chi connectivity index (χ0n) is 12.0. The molecule has 0 saturated heterocycles. The molecule has 1 unspecified atom stereocenters. The van der Waals surface area contributed by atoms with Crippen LogP contribution in [0.15, 0.2) is 30.3 Å². The molecule has 0 fully saturated rings. The molecule has 0 radical (unpaired) electrons. The summed E-state index contributed by atoms with van der Waals surface area (Å²) >= 11 is 0. The smallest absolute Gasteiger partial charge is 0.321 e. The Hall–Kier alpha value is -2.55. The highest BCUT2D eigenvalue weighted by molar-refractivity contribution is 5.91. The first-order valence-electron chi connectivity index (χ1n) is 6.73. The van der Waals surface area contributed by atoms with Crippen LogP contribution in [0.1, 0.15) is 19.8 Å². The molecule has 0 spiro atoms. The number of carbonyl (C=O) groups excluding carboxylic acids is 1. The van der Waals surface area contributed by atoms with Crippen molar-refractivity contribution in [3.8, 4) is 6.07 Å². The Labute approximate surface area is 124 Å². The van der Waals surface area contributed by atoms with E-state index in [-0.39, 0.29) is 31.3 Å². The fourth-order valence-electron chi connectivity index (χ4n) is 1.84. The highest BCUT2D eigenvalue weighted by Gasteiger charge is 2.16. The number of hydrogen-bond acceptors (Lipinski definition) is 3. The number of benzene rings is 1. The molecule has 21 heavy (non-hydrogen) atoms. The van der Waals surface area contributed by atoms with Crippen molar-refractivity contribution in [2.45, 2.75) is 19.8 Å². The summed E-state index contributed by atoms with van der Waals surface area (Å²) < 4.78 is 0. The van der Waals surface area contributed by atoms with Crippen molar-refractivity contribution in [1.29, 1.82) is 5.26 Å². The summed E-state index contributed by atoms with van der Waals surface area (Å²) in [7, 11) is 0. The number of carboxylic acids is 1. The molecule has 112 valence electrons. The maximum absolute atomic E-state index is 12.2. The average molecular weight is 289 g/mol. The van der Waals surface area contributed by atoms with Crippen LogP contribution >= 0.6 is 0 Å². The number of amides is 2. The highest BCUT2D eigenvalue weighted by Crippen LogP contribution is 2.14. The molecule has 0 aliphatic carbocycles. The maximum atomic E-state index is 12.2. The molecule has 0 aromatic heterocycles. The molecule has 1 rings (SSSR count). The standard InChI is InChI=1S/C15H19N3O3/c1-12(10-14(19)20)11-17-15(21)18(9-5-8-16)13-6-3-2-4-7-13/h2-4,6-7,12H,5,9-11H2,1H3,(H,17,21)(H,19,20). The van der Waals surface area contributed by atoms with Gasteiger partial charge in [0.15, 0.2) is 0 Å². The van der Waals surface area contributed by atoms with Gasteiger partial charge in [0.2, 0.25) is 0 Å². The third-order valence-corrected chi connectivity index (χ3v) is 2.89. The molecule has 1 aromatic rings. The number of anilines is 1. The van der Waals surface area contributed by atoms with Gasteiger partial charge in [-0.1, -0.05) is 25.1 Å². The number of hydrogen-bond donors (Lipinski definition) is 2. The van der Waals surface area contributed by atoms with E-state index in [0.29, 0.717) is 12.2 Å². The van der Waals surface area contributed by atoms with Crippen molar-refractivity contribution >= 4 is 17.7 Å². The molecular weight excluding hydrogens is 270 g/mol. The first-order valence-corrected chi connectivity index (χ1v) is 6.73. The number of urea groups is 1. The second-order valence-corrected chi connectivity index (χ2v) is 4.78. The van der Waals surface area contributed by atoms with Gasteiger partial charge in [-0.3, -0.25) is 9.69 Å². The van der Waals surface area contributed by atoms with E-state index >= 15 is 0 Å². The second kappa shape index (κ2) is 8.59. The second-order valence-electron chi connectivity index (χ2n) is 4.78. The Kier molecular flexibility index (Phi) is 6.75. The number of carbonyl (C=O) groups is 2. The lowest BCUT2D eigenvalue weighted by Crippen LogP contribution is -2.42. The SMILES string of the molecule is CC(CNC(=O)N(CCC#N)c1ccccc1)CC(=O)O. The van der Waals surface area contributed by atoms with E-state index in [1.807, 2.05) is 24.3 Å². The summed E-state index contributed by atoms with van der Waals surface area (Å²) in [6.07, 6.45) is 0.233. The van der Waals surface area contributed by atoms with Gasteiger partial charge in [-0.2, -0.15) is 5.26 Å². The van der Waals surface area contributed by atoms with Gasteiger partial charge in [0.05, 0.1) is 12.5 Å². The zero-order chi connectivity index (χ0) is 15.7. The molecule has 6 nitrogen and oxygen atoms in total. The molecule has 6 heteroatoms. The number of nitrogens with one attached hydrogen (secondary N) is 1. The van der Waals surface area contributed by atoms with E-state index in [2.05, 4.69) is 5.32 Å². The Balaban J connectivity index is 2.64. The minimum atomic E-state index is -0.888. The third kappa shape index (κ3) is 5.95. The molecular formula is C15H19N3O3. The zero-order valence-corrected chi connectivity index (χ0v) is 12.0. The number of rotatable bonds is 7. The minimum Gasteiger partial charge on any atom is -0.481 e. The van der Waals surface area contributed by atoms with Crippen LogP contribution in [0, 0.1) is 17.2 Å². The average Bonchev–Trinajstić information content (AvgIpc) is 2.46. The van der Waals surface area contributed by atoms with Crippen LogP contribution in [0.2, 0.25) is 0 Å².